The van der Waals surface area contributed by atoms with Gasteiger partial charge in [-0.2, -0.15) is 0 Å². The summed E-state index contributed by atoms with van der Waals surface area (Å²) in [7, 11) is -2.04. The van der Waals surface area contributed by atoms with Crippen LogP contribution < -0.4 is 4.72 Å². The molecule has 0 radical (unpaired) electrons. The first kappa shape index (κ1) is 22.9. The van der Waals surface area contributed by atoms with Gasteiger partial charge in [0.25, 0.3) is 0 Å². The van der Waals surface area contributed by atoms with Crippen LogP contribution in [0.5, 0.6) is 0 Å². The van der Waals surface area contributed by atoms with Crippen molar-refractivity contribution in [1.29, 1.82) is 0 Å². The summed E-state index contributed by atoms with van der Waals surface area (Å²) in [4.78, 5) is 13.3. The van der Waals surface area contributed by atoms with Crippen molar-refractivity contribution >= 4 is 33.4 Å². The fourth-order valence-corrected chi connectivity index (χ4v) is 4.19. The van der Waals surface area contributed by atoms with Gasteiger partial charge in [-0.25, -0.2) is 13.2 Å². The van der Waals surface area contributed by atoms with Gasteiger partial charge in [0.2, 0.25) is 10.0 Å². The van der Waals surface area contributed by atoms with E-state index in [-0.39, 0.29) is 5.97 Å². The highest BCUT2D eigenvalue weighted by Crippen LogP contribution is 2.31. The zero-order valence-electron chi connectivity index (χ0n) is 17.9. The maximum absolute atomic E-state index is 12.2. The number of anilines is 1. The molecule has 0 atom stereocenters. The number of hydrogen-bond donors (Lipinski definition) is 1. The van der Waals surface area contributed by atoms with E-state index in [1.807, 2.05) is 60.9 Å². The average molecular weight is 456 g/mol. The zero-order chi connectivity index (χ0) is 22.6. The summed E-state index contributed by atoms with van der Waals surface area (Å²) in [6.07, 6.45) is 1.99. The van der Waals surface area contributed by atoms with Crippen molar-refractivity contribution in [3.63, 3.8) is 0 Å². The van der Waals surface area contributed by atoms with Crippen LogP contribution in [0.1, 0.15) is 24.2 Å². The van der Waals surface area contributed by atoms with E-state index in [9.17, 15) is 13.2 Å². The van der Waals surface area contributed by atoms with E-state index in [0.29, 0.717) is 11.3 Å². The summed E-state index contributed by atoms with van der Waals surface area (Å²) in [6.45, 7) is 3.28. The number of benzene rings is 3. The fraction of sp³-hybridized carbons (Fsp3) is 0.208. The lowest BCUT2D eigenvalue weighted by molar-refractivity contribution is 0.0601. The molecule has 0 spiro atoms. The number of carbonyl (C=O) groups is 1. The Hall–Kier alpha value is -2.77. The summed E-state index contributed by atoms with van der Waals surface area (Å²) in [5, 5.41) is -0.517. The van der Waals surface area contributed by atoms with E-state index >= 15 is 0 Å². The molecule has 0 aliphatic rings. The number of thioether (sulfide) groups is 1. The number of hydrogen-bond acceptors (Lipinski definition) is 5. The molecule has 162 valence electrons. The Balaban J connectivity index is 1.95. The van der Waals surface area contributed by atoms with Gasteiger partial charge in [0.1, 0.15) is 0 Å². The molecular weight excluding hydrogens is 430 g/mol. The highest BCUT2D eigenvalue weighted by Gasteiger charge is 2.16. The predicted molar refractivity (Wildman–Crippen MR) is 128 cm³/mol. The Bertz CT molecular complexity index is 1190. The van der Waals surface area contributed by atoms with Gasteiger partial charge >= 0.3 is 5.97 Å². The van der Waals surface area contributed by atoms with Gasteiger partial charge in [0.05, 0.1) is 17.9 Å². The van der Waals surface area contributed by atoms with Crippen molar-refractivity contribution in [2.75, 3.05) is 18.1 Å². The molecule has 0 saturated carbocycles. The molecule has 3 aromatic carbocycles. The van der Waals surface area contributed by atoms with Crippen LogP contribution in [0.15, 0.2) is 71.6 Å². The van der Waals surface area contributed by atoms with Gasteiger partial charge in [-0.05, 0) is 72.7 Å². The quantitative estimate of drug-likeness (QED) is 0.367. The zero-order valence-corrected chi connectivity index (χ0v) is 19.5. The van der Waals surface area contributed by atoms with Crippen LogP contribution in [-0.2, 0) is 14.8 Å². The average Bonchev–Trinajstić information content (AvgIpc) is 2.78. The largest absolute Gasteiger partial charge is 0.465 e. The molecule has 3 aromatic rings. The SMILES string of the molecule is COC(=O)c1ccc(SC)cc1-c1ccc(-c2cccc(NS(=O)(=O)C(C)C)c2)cc1. The number of methoxy groups -OCH3 is 1. The first-order chi connectivity index (χ1) is 14.7. The fourth-order valence-electron chi connectivity index (χ4n) is 3.06. The standard InChI is InChI=1S/C24H25NO4S2/c1-16(2)31(27,28)25-20-7-5-6-19(14-20)17-8-10-18(11-9-17)23-15-21(30-4)12-13-22(23)24(26)29-3/h5-16,25H,1-4H3. The van der Waals surface area contributed by atoms with Gasteiger partial charge in [-0.15, -0.1) is 11.8 Å². The van der Waals surface area contributed by atoms with Gasteiger partial charge in [0, 0.05) is 10.6 Å². The van der Waals surface area contributed by atoms with Gasteiger partial charge in [-0.1, -0.05) is 36.4 Å². The van der Waals surface area contributed by atoms with Crippen LogP contribution in [0.25, 0.3) is 22.3 Å². The maximum Gasteiger partial charge on any atom is 0.338 e. The smallest absolute Gasteiger partial charge is 0.338 e. The molecule has 5 nitrogen and oxygen atoms in total. The van der Waals surface area contributed by atoms with E-state index in [4.69, 9.17) is 4.74 Å². The number of sulfonamides is 1. The number of nitrogens with one attached hydrogen (secondary N) is 1. The topological polar surface area (TPSA) is 72.5 Å². The minimum Gasteiger partial charge on any atom is -0.465 e. The monoisotopic (exact) mass is 455 g/mol. The van der Waals surface area contributed by atoms with E-state index in [1.165, 1.54) is 7.11 Å². The third-order valence-corrected chi connectivity index (χ3v) is 7.39. The molecule has 0 saturated heterocycles. The van der Waals surface area contributed by atoms with Gasteiger partial charge in [-0.3, -0.25) is 4.72 Å². The summed E-state index contributed by atoms with van der Waals surface area (Å²) < 4.78 is 31.9. The van der Waals surface area contributed by atoms with Crippen molar-refractivity contribution < 1.29 is 17.9 Å². The number of rotatable bonds is 7. The van der Waals surface area contributed by atoms with Crippen LogP contribution in [-0.4, -0.2) is 33.0 Å². The minimum absolute atomic E-state index is 0.378. The third kappa shape index (κ3) is 5.29. The highest BCUT2D eigenvalue weighted by molar-refractivity contribution is 7.98. The Morgan fingerprint density at radius 2 is 1.61 bits per heavy atom. The second-order valence-corrected chi connectivity index (χ2v) is 10.4. The van der Waals surface area contributed by atoms with Gasteiger partial charge < -0.3 is 4.74 Å². The molecular formula is C24H25NO4S2. The molecule has 0 unspecified atom stereocenters. The summed E-state index contributed by atoms with van der Waals surface area (Å²) in [5.41, 5.74) is 4.58. The summed E-state index contributed by atoms with van der Waals surface area (Å²) in [5.74, 6) is -0.378. The Labute approximate surface area is 187 Å². The summed E-state index contributed by atoms with van der Waals surface area (Å²) in [6, 6.07) is 20.8. The normalized spacial score (nSPS) is 11.4. The van der Waals surface area contributed by atoms with Crippen LogP contribution in [0.4, 0.5) is 5.69 Å². The molecule has 0 fully saturated rings. The molecule has 3 rings (SSSR count). The number of carbonyl (C=O) groups excluding carboxylic acids is 1. The van der Waals surface area contributed by atoms with Crippen molar-refractivity contribution in [3.05, 3.63) is 72.3 Å². The third-order valence-electron chi connectivity index (χ3n) is 4.90. The second kappa shape index (κ2) is 9.58. The Kier molecular flexibility index (Phi) is 7.08. The maximum atomic E-state index is 12.2. The number of esters is 1. The number of ether oxygens (including phenoxy) is 1. The first-order valence-electron chi connectivity index (χ1n) is 9.74. The van der Waals surface area contributed by atoms with Crippen LogP contribution in [0, 0.1) is 0 Å². The molecule has 0 bridgehead atoms. The van der Waals surface area contributed by atoms with Gasteiger partial charge in [0.15, 0.2) is 0 Å². The molecule has 0 aromatic heterocycles. The van der Waals surface area contributed by atoms with E-state index < -0.39 is 15.3 Å². The van der Waals surface area contributed by atoms with Crippen LogP contribution in [0.2, 0.25) is 0 Å². The second-order valence-electron chi connectivity index (χ2n) is 7.26. The van der Waals surface area contributed by atoms with E-state index in [0.717, 1.165) is 27.1 Å². The van der Waals surface area contributed by atoms with Crippen LogP contribution in [0.3, 0.4) is 0 Å². The first-order valence-corrected chi connectivity index (χ1v) is 12.5. The lowest BCUT2D eigenvalue weighted by Crippen LogP contribution is -2.22. The Morgan fingerprint density at radius 1 is 0.935 bits per heavy atom. The molecule has 7 heteroatoms. The van der Waals surface area contributed by atoms with Crippen molar-refractivity contribution in [2.45, 2.75) is 24.0 Å². The van der Waals surface area contributed by atoms with E-state index in [1.54, 1.807) is 37.7 Å². The van der Waals surface area contributed by atoms with Crippen LogP contribution >= 0.6 is 11.8 Å². The molecule has 0 aliphatic heterocycles. The predicted octanol–water partition coefficient (Wildman–Crippen LogP) is 5.68. The molecule has 31 heavy (non-hydrogen) atoms. The minimum atomic E-state index is -3.41. The molecule has 0 amide bonds. The summed E-state index contributed by atoms with van der Waals surface area (Å²) >= 11 is 1.61. The van der Waals surface area contributed by atoms with Crippen molar-refractivity contribution in [1.82, 2.24) is 0 Å². The lowest BCUT2D eigenvalue weighted by atomic mass is 9.97. The Morgan fingerprint density at radius 3 is 2.23 bits per heavy atom. The molecule has 0 aliphatic carbocycles. The van der Waals surface area contributed by atoms with Crippen molar-refractivity contribution in [3.8, 4) is 22.3 Å². The van der Waals surface area contributed by atoms with E-state index in [2.05, 4.69) is 4.72 Å². The molecule has 0 heterocycles. The highest BCUT2D eigenvalue weighted by atomic mass is 32.2. The molecule has 1 N–H and O–H groups in total. The lowest BCUT2D eigenvalue weighted by Gasteiger charge is -2.13. The van der Waals surface area contributed by atoms with Crippen molar-refractivity contribution in [2.24, 2.45) is 0 Å².